The molecule has 0 bridgehead atoms. The molecule has 1 atom stereocenters. The molecular formula is C21H18N2O2. The average Bonchev–Trinajstić information content (AvgIpc) is 3.44. The Morgan fingerprint density at radius 2 is 1.80 bits per heavy atom. The summed E-state index contributed by atoms with van der Waals surface area (Å²) >= 11 is 0. The van der Waals surface area contributed by atoms with Gasteiger partial charge in [-0.2, -0.15) is 5.26 Å². The van der Waals surface area contributed by atoms with E-state index in [0.29, 0.717) is 29.7 Å². The molecule has 1 fully saturated rings. The van der Waals surface area contributed by atoms with Crippen LogP contribution in [0.3, 0.4) is 0 Å². The molecule has 2 aromatic carbocycles. The van der Waals surface area contributed by atoms with Gasteiger partial charge in [-0.1, -0.05) is 42.2 Å². The minimum absolute atomic E-state index is 0.225. The van der Waals surface area contributed by atoms with E-state index >= 15 is 0 Å². The van der Waals surface area contributed by atoms with Gasteiger partial charge in [-0.25, -0.2) is 0 Å². The Bertz CT molecular complexity index is 895. The lowest BCUT2D eigenvalue weighted by atomic mass is 9.87. The van der Waals surface area contributed by atoms with Gasteiger partial charge in [0.2, 0.25) is 0 Å². The summed E-state index contributed by atoms with van der Waals surface area (Å²) < 4.78 is 0. The second-order valence-electron chi connectivity index (χ2n) is 6.38. The van der Waals surface area contributed by atoms with Crippen molar-refractivity contribution < 1.29 is 9.90 Å². The number of benzene rings is 2. The van der Waals surface area contributed by atoms with Gasteiger partial charge < -0.3 is 10.4 Å². The van der Waals surface area contributed by atoms with Crippen LogP contribution >= 0.6 is 0 Å². The molecule has 0 unspecified atom stereocenters. The highest BCUT2D eigenvalue weighted by atomic mass is 16.3. The molecule has 25 heavy (non-hydrogen) atoms. The first-order valence-electron chi connectivity index (χ1n) is 8.10. The quantitative estimate of drug-likeness (QED) is 0.848. The van der Waals surface area contributed by atoms with Gasteiger partial charge in [-0.3, -0.25) is 4.79 Å². The predicted octanol–water partition coefficient (Wildman–Crippen LogP) is 3.35. The molecule has 0 heterocycles. The van der Waals surface area contributed by atoms with Crippen molar-refractivity contribution in [3.63, 3.8) is 0 Å². The van der Waals surface area contributed by atoms with Gasteiger partial charge in [0, 0.05) is 11.1 Å². The highest BCUT2D eigenvalue weighted by molar-refractivity contribution is 6.04. The standard InChI is InChI=1S/C21H18N2O2/c1-20(25,21(15-22)13-14-21)12-11-16-7-5-6-10-18(16)23-19(24)17-8-3-2-4-9-17/h2-10,25H,13-14H2,1H3,(H,23,24)/t20-/m0/s1. The number of anilines is 1. The molecule has 1 aliphatic rings. The van der Waals surface area contributed by atoms with E-state index in [1.54, 1.807) is 43.3 Å². The van der Waals surface area contributed by atoms with Crippen LogP contribution in [0, 0.1) is 28.6 Å². The van der Waals surface area contributed by atoms with Crippen LogP contribution in [-0.2, 0) is 0 Å². The van der Waals surface area contributed by atoms with Crippen molar-refractivity contribution in [2.45, 2.75) is 25.4 Å². The summed E-state index contributed by atoms with van der Waals surface area (Å²) in [5.41, 5.74) is -0.429. The van der Waals surface area contributed by atoms with E-state index in [1.165, 1.54) is 0 Å². The Labute approximate surface area is 147 Å². The molecule has 4 nitrogen and oxygen atoms in total. The number of para-hydroxylation sites is 1. The van der Waals surface area contributed by atoms with Gasteiger partial charge in [-0.05, 0) is 44.0 Å². The molecule has 1 aliphatic carbocycles. The topological polar surface area (TPSA) is 73.1 Å². The molecule has 4 heteroatoms. The summed E-state index contributed by atoms with van der Waals surface area (Å²) in [5, 5.41) is 22.6. The van der Waals surface area contributed by atoms with Crippen molar-refractivity contribution in [2.75, 3.05) is 5.32 Å². The average molecular weight is 330 g/mol. The normalized spacial score (nSPS) is 16.5. The number of carbonyl (C=O) groups excluding carboxylic acids is 1. The van der Waals surface area contributed by atoms with Crippen LogP contribution in [0.1, 0.15) is 35.7 Å². The van der Waals surface area contributed by atoms with Crippen LogP contribution in [-0.4, -0.2) is 16.6 Å². The van der Waals surface area contributed by atoms with Crippen LogP contribution in [0.25, 0.3) is 0 Å². The van der Waals surface area contributed by atoms with Gasteiger partial charge in [0.1, 0.15) is 5.60 Å². The van der Waals surface area contributed by atoms with Crippen LogP contribution in [0.4, 0.5) is 5.69 Å². The Morgan fingerprint density at radius 1 is 1.16 bits per heavy atom. The van der Waals surface area contributed by atoms with Crippen molar-refractivity contribution in [1.82, 2.24) is 0 Å². The van der Waals surface area contributed by atoms with Crippen LogP contribution in [0.2, 0.25) is 0 Å². The lowest BCUT2D eigenvalue weighted by Crippen LogP contribution is -2.33. The van der Waals surface area contributed by atoms with Crippen LogP contribution < -0.4 is 5.32 Å². The lowest BCUT2D eigenvalue weighted by molar-refractivity contribution is 0.0682. The molecule has 1 saturated carbocycles. The Balaban J connectivity index is 1.85. The zero-order chi connectivity index (χ0) is 17.9. The van der Waals surface area contributed by atoms with Gasteiger partial charge in [0.05, 0.1) is 17.2 Å². The molecule has 0 spiro atoms. The maximum absolute atomic E-state index is 12.3. The number of nitriles is 1. The highest BCUT2D eigenvalue weighted by Gasteiger charge is 2.56. The van der Waals surface area contributed by atoms with E-state index in [0.717, 1.165) is 0 Å². The van der Waals surface area contributed by atoms with E-state index in [1.807, 2.05) is 18.2 Å². The summed E-state index contributed by atoms with van der Waals surface area (Å²) in [6.45, 7) is 1.57. The third kappa shape index (κ3) is 3.40. The summed E-state index contributed by atoms with van der Waals surface area (Å²) in [6.07, 6.45) is 1.30. The number of aliphatic hydroxyl groups is 1. The molecule has 0 aromatic heterocycles. The third-order valence-corrected chi connectivity index (χ3v) is 4.55. The number of hydrogen-bond donors (Lipinski definition) is 2. The predicted molar refractivity (Wildman–Crippen MR) is 95.6 cm³/mol. The van der Waals surface area contributed by atoms with E-state index in [-0.39, 0.29) is 5.91 Å². The van der Waals surface area contributed by atoms with Gasteiger partial charge in [0.25, 0.3) is 5.91 Å². The van der Waals surface area contributed by atoms with Crippen molar-refractivity contribution in [3.8, 4) is 17.9 Å². The van der Waals surface area contributed by atoms with E-state index in [4.69, 9.17) is 0 Å². The number of hydrogen-bond acceptors (Lipinski definition) is 3. The highest BCUT2D eigenvalue weighted by Crippen LogP contribution is 2.53. The van der Waals surface area contributed by atoms with E-state index < -0.39 is 11.0 Å². The molecular weight excluding hydrogens is 312 g/mol. The summed E-state index contributed by atoms with van der Waals surface area (Å²) in [6, 6.07) is 18.2. The fraction of sp³-hybridized carbons (Fsp3) is 0.238. The lowest BCUT2D eigenvalue weighted by Gasteiger charge is -2.21. The fourth-order valence-corrected chi connectivity index (χ4v) is 2.63. The van der Waals surface area contributed by atoms with Crippen LogP contribution in [0.15, 0.2) is 54.6 Å². The maximum Gasteiger partial charge on any atom is 0.255 e. The second kappa shape index (κ2) is 6.43. The second-order valence-corrected chi connectivity index (χ2v) is 6.38. The van der Waals surface area contributed by atoms with Crippen molar-refractivity contribution >= 4 is 11.6 Å². The minimum atomic E-state index is -1.38. The summed E-state index contributed by atoms with van der Waals surface area (Å²) in [4.78, 5) is 12.3. The largest absolute Gasteiger partial charge is 0.376 e. The molecule has 1 amide bonds. The number of rotatable bonds is 3. The first-order chi connectivity index (χ1) is 12.0. The molecule has 2 N–H and O–H groups in total. The Hall–Kier alpha value is -3.08. The van der Waals surface area contributed by atoms with Crippen molar-refractivity contribution in [1.29, 1.82) is 5.26 Å². The molecule has 0 radical (unpaired) electrons. The fourth-order valence-electron chi connectivity index (χ4n) is 2.63. The van der Waals surface area contributed by atoms with Crippen molar-refractivity contribution in [2.24, 2.45) is 5.41 Å². The Kier molecular flexibility index (Phi) is 4.31. The van der Waals surface area contributed by atoms with Gasteiger partial charge >= 0.3 is 0 Å². The Morgan fingerprint density at radius 3 is 2.44 bits per heavy atom. The number of nitrogens with one attached hydrogen (secondary N) is 1. The molecule has 0 aliphatic heterocycles. The number of nitrogens with zero attached hydrogens (tertiary/aromatic N) is 1. The third-order valence-electron chi connectivity index (χ3n) is 4.55. The maximum atomic E-state index is 12.3. The van der Waals surface area contributed by atoms with Crippen LogP contribution in [0.5, 0.6) is 0 Å². The molecule has 0 saturated heterocycles. The number of carbonyl (C=O) groups is 1. The summed E-state index contributed by atoms with van der Waals surface area (Å²) in [5.74, 6) is 5.51. The van der Waals surface area contributed by atoms with Crippen molar-refractivity contribution in [3.05, 3.63) is 65.7 Å². The summed E-state index contributed by atoms with van der Waals surface area (Å²) in [7, 11) is 0. The zero-order valence-electron chi connectivity index (χ0n) is 13.9. The molecule has 124 valence electrons. The SMILES string of the molecule is C[C@](O)(C#Cc1ccccc1NC(=O)c1ccccc1)C1(C#N)CC1. The number of amides is 1. The van der Waals surface area contributed by atoms with E-state index in [9.17, 15) is 15.2 Å². The smallest absolute Gasteiger partial charge is 0.255 e. The molecule has 2 aromatic rings. The van der Waals surface area contributed by atoms with Gasteiger partial charge in [-0.15, -0.1) is 0 Å². The first-order valence-corrected chi connectivity index (χ1v) is 8.10. The molecule has 3 rings (SSSR count). The monoisotopic (exact) mass is 330 g/mol. The zero-order valence-corrected chi connectivity index (χ0v) is 13.9. The minimum Gasteiger partial charge on any atom is -0.376 e. The van der Waals surface area contributed by atoms with Gasteiger partial charge in [0.15, 0.2) is 0 Å². The first kappa shape index (κ1) is 16.8. The van der Waals surface area contributed by atoms with E-state index in [2.05, 4.69) is 23.2 Å².